The lowest BCUT2D eigenvalue weighted by Crippen LogP contribution is -2.03. The van der Waals surface area contributed by atoms with E-state index in [0.717, 1.165) is 25.7 Å². The number of allylic oxidation sites excluding steroid dienone is 1. The van der Waals surface area contributed by atoms with E-state index in [1.54, 1.807) is 11.1 Å². The molecule has 0 bridgehead atoms. The molecule has 2 aromatic rings. The molecule has 0 fully saturated rings. The third-order valence-electron chi connectivity index (χ3n) is 6.03. The van der Waals surface area contributed by atoms with Gasteiger partial charge in [0.2, 0.25) is 0 Å². The molecule has 1 heteroatoms. The van der Waals surface area contributed by atoms with Crippen LogP contribution in [-0.2, 0) is 12.8 Å². The van der Waals surface area contributed by atoms with Crippen molar-refractivity contribution < 1.29 is 0 Å². The number of fused-ring (bicyclic) bond motifs is 1. The summed E-state index contributed by atoms with van der Waals surface area (Å²) < 4.78 is 0. The van der Waals surface area contributed by atoms with Gasteiger partial charge in [0.25, 0.3) is 0 Å². The molecule has 0 N–H and O–H groups in total. The van der Waals surface area contributed by atoms with Gasteiger partial charge in [-0.25, -0.2) is 0 Å². The Morgan fingerprint density at radius 1 is 1.11 bits per heavy atom. The summed E-state index contributed by atoms with van der Waals surface area (Å²) in [5.74, 6) is 0.652. The van der Waals surface area contributed by atoms with Crippen molar-refractivity contribution in [3.8, 4) is 0 Å². The predicted molar refractivity (Wildman–Crippen MR) is 123 cm³/mol. The standard InChI is InChI=1S/C26H32S/c1-4-21-11-8-12-22(17-21)19(2)9-5-6-13-24(27)18-23-15-16-25-20(3)10-7-14-26(23)25/h7-8,10-12,14,17,23H,2,4-6,9,13,15-16,18H2,1,3H3. The molecule has 2 aromatic carbocycles. The molecular weight excluding hydrogens is 344 g/mol. The van der Waals surface area contributed by atoms with Crippen molar-refractivity contribution in [3.63, 3.8) is 0 Å². The van der Waals surface area contributed by atoms with E-state index in [4.69, 9.17) is 12.2 Å². The van der Waals surface area contributed by atoms with Crippen LogP contribution in [0.25, 0.3) is 5.57 Å². The van der Waals surface area contributed by atoms with Crippen LogP contribution in [0.3, 0.4) is 0 Å². The van der Waals surface area contributed by atoms with E-state index in [0.29, 0.717) is 5.92 Å². The van der Waals surface area contributed by atoms with E-state index < -0.39 is 0 Å². The van der Waals surface area contributed by atoms with E-state index >= 15 is 0 Å². The number of unbranched alkanes of at least 4 members (excludes halogenated alkanes) is 1. The molecule has 0 spiro atoms. The summed E-state index contributed by atoms with van der Waals surface area (Å²) in [6.07, 6.45) is 9.17. The van der Waals surface area contributed by atoms with E-state index in [-0.39, 0.29) is 0 Å². The molecule has 0 saturated heterocycles. The molecule has 0 radical (unpaired) electrons. The maximum absolute atomic E-state index is 5.74. The van der Waals surface area contributed by atoms with Gasteiger partial charge in [-0.15, -0.1) is 0 Å². The van der Waals surface area contributed by atoms with Crippen LogP contribution in [0.2, 0.25) is 0 Å². The maximum atomic E-state index is 5.74. The topological polar surface area (TPSA) is 0 Å². The van der Waals surface area contributed by atoms with Crippen LogP contribution in [-0.4, -0.2) is 4.86 Å². The Morgan fingerprint density at radius 3 is 2.70 bits per heavy atom. The molecule has 1 atom stereocenters. The lowest BCUT2D eigenvalue weighted by molar-refractivity contribution is 0.695. The van der Waals surface area contributed by atoms with E-state index in [2.05, 4.69) is 62.9 Å². The van der Waals surface area contributed by atoms with Crippen molar-refractivity contribution in [2.45, 2.75) is 71.1 Å². The van der Waals surface area contributed by atoms with Gasteiger partial charge in [-0.05, 0) is 102 Å². The van der Waals surface area contributed by atoms with Crippen molar-refractivity contribution in [1.29, 1.82) is 0 Å². The minimum Gasteiger partial charge on any atom is -0.0952 e. The Bertz CT molecular complexity index is 815. The highest BCUT2D eigenvalue weighted by molar-refractivity contribution is 7.80. The van der Waals surface area contributed by atoms with Gasteiger partial charge < -0.3 is 0 Å². The fourth-order valence-corrected chi connectivity index (χ4v) is 4.67. The van der Waals surface area contributed by atoms with Gasteiger partial charge in [-0.2, -0.15) is 0 Å². The maximum Gasteiger partial charge on any atom is -0.00654 e. The highest BCUT2D eigenvalue weighted by Crippen LogP contribution is 2.37. The Morgan fingerprint density at radius 2 is 1.89 bits per heavy atom. The van der Waals surface area contributed by atoms with Crippen LogP contribution in [0.5, 0.6) is 0 Å². The van der Waals surface area contributed by atoms with Crippen LogP contribution in [0.15, 0.2) is 49.0 Å². The number of hydrogen-bond donors (Lipinski definition) is 0. The SMILES string of the molecule is C=C(CCCCC(=S)CC1CCc2c(C)cccc21)c1cccc(CC)c1. The highest BCUT2D eigenvalue weighted by Gasteiger charge is 2.24. The van der Waals surface area contributed by atoms with Crippen LogP contribution in [0.4, 0.5) is 0 Å². The molecular formula is C26H32S. The zero-order chi connectivity index (χ0) is 19.2. The number of benzene rings is 2. The second kappa shape index (κ2) is 9.46. The Hall–Kier alpha value is -1.73. The smallest absolute Gasteiger partial charge is 0.00654 e. The fourth-order valence-electron chi connectivity index (χ4n) is 4.33. The van der Waals surface area contributed by atoms with Crippen molar-refractivity contribution >= 4 is 22.7 Å². The summed E-state index contributed by atoms with van der Waals surface area (Å²) in [6, 6.07) is 15.6. The quantitative estimate of drug-likeness (QED) is 0.320. The first-order chi connectivity index (χ1) is 13.1. The molecule has 0 saturated carbocycles. The highest BCUT2D eigenvalue weighted by atomic mass is 32.1. The van der Waals surface area contributed by atoms with Gasteiger partial charge in [0.05, 0.1) is 0 Å². The summed E-state index contributed by atoms with van der Waals surface area (Å²) in [5, 5.41) is 0. The molecule has 0 heterocycles. The number of rotatable bonds is 9. The average molecular weight is 377 g/mol. The van der Waals surface area contributed by atoms with Crippen molar-refractivity contribution in [3.05, 3.63) is 76.9 Å². The van der Waals surface area contributed by atoms with Crippen molar-refractivity contribution in [1.82, 2.24) is 0 Å². The number of thiocarbonyl (C=S) groups is 1. The second-order valence-electron chi connectivity index (χ2n) is 7.99. The average Bonchev–Trinajstić information content (AvgIpc) is 3.09. The normalized spacial score (nSPS) is 15.6. The molecule has 0 nitrogen and oxygen atoms in total. The molecule has 142 valence electrons. The van der Waals surface area contributed by atoms with Crippen LogP contribution >= 0.6 is 12.2 Å². The van der Waals surface area contributed by atoms with Gasteiger partial charge in [-0.3, -0.25) is 0 Å². The summed E-state index contributed by atoms with van der Waals surface area (Å²) >= 11 is 5.74. The molecule has 27 heavy (non-hydrogen) atoms. The number of aryl methyl sites for hydroxylation is 2. The largest absolute Gasteiger partial charge is 0.0952 e. The van der Waals surface area contributed by atoms with E-state index in [9.17, 15) is 0 Å². The fraction of sp³-hybridized carbons (Fsp3) is 0.423. The Kier molecular flexibility index (Phi) is 7.01. The van der Waals surface area contributed by atoms with E-state index in [1.165, 1.54) is 52.8 Å². The molecule has 1 aliphatic carbocycles. The first kappa shape index (κ1) is 20.0. The predicted octanol–water partition coefficient (Wildman–Crippen LogP) is 7.62. The van der Waals surface area contributed by atoms with Gasteiger partial charge in [0.15, 0.2) is 0 Å². The first-order valence-electron chi connectivity index (χ1n) is 10.5. The molecule has 1 unspecified atom stereocenters. The molecule has 3 rings (SSSR count). The first-order valence-corrected chi connectivity index (χ1v) is 10.9. The Labute approximate surface area is 170 Å². The third-order valence-corrected chi connectivity index (χ3v) is 6.40. The number of hydrogen-bond acceptors (Lipinski definition) is 1. The van der Waals surface area contributed by atoms with Crippen molar-refractivity contribution in [2.75, 3.05) is 0 Å². The van der Waals surface area contributed by atoms with Crippen molar-refractivity contribution in [2.24, 2.45) is 0 Å². The van der Waals surface area contributed by atoms with Crippen LogP contribution in [0.1, 0.15) is 79.2 Å². The monoisotopic (exact) mass is 376 g/mol. The third kappa shape index (κ3) is 5.17. The molecule has 0 amide bonds. The van der Waals surface area contributed by atoms with Gasteiger partial charge in [0.1, 0.15) is 0 Å². The summed E-state index contributed by atoms with van der Waals surface area (Å²) in [5.41, 5.74) is 8.54. The minimum absolute atomic E-state index is 0.652. The second-order valence-corrected chi connectivity index (χ2v) is 8.56. The summed E-state index contributed by atoms with van der Waals surface area (Å²) in [7, 11) is 0. The molecule has 0 aliphatic heterocycles. The van der Waals surface area contributed by atoms with E-state index in [1.807, 2.05) is 0 Å². The lowest BCUT2D eigenvalue weighted by Gasteiger charge is -2.13. The zero-order valence-electron chi connectivity index (χ0n) is 16.9. The lowest BCUT2D eigenvalue weighted by atomic mass is 9.93. The van der Waals surface area contributed by atoms with Gasteiger partial charge in [0, 0.05) is 0 Å². The molecule has 0 aromatic heterocycles. The molecule has 1 aliphatic rings. The summed E-state index contributed by atoms with van der Waals surface area (Å²) in [4.78, 5) is 1.26. The summed E-state index contributed by atoms with van der Waals surface area (Å²) in [6.45, 7) is 8.74. The van der Waals surface area contributed by atoms with Crippen LogP contribution < -0.4 is 0 Å². The Balaban J connectivity index is 1.42. The van der Waals surface area contributed by atoms with Crippen LogP contribution in [0, 0.1) is 6.92 Å². The zero-order valence-corrected chi connectivity index (χ0v) is 17.7. The van der Waals surface area contributed by atoms with Gasteiger partial charge >= 0.3 is 0 Å². The minimum atomic E-state index is 0.652. The van der Waals surface area contributed by atoms with Gasteiger partial charge in [-0.1, -0.05) is 68.2 Å².